The van der Waals surface area contributed by atoms with Gasteiger partial charge in [0.05, 0.1) is 10.9 Å². The minimum atomic E-state index is -0.240. The van der Waals surface area contributed by atoms with E-state index in [4.69, 9.17) is 0 Å². The van der Waals surface area contributed by atoms with Crippen LogP contribution in [-0.4, -0.2) is 19.5 Å². The maximum absolute atomic E-state index is 12.6. The first-order chi connectivity index (χ1) is 10.0. The lowest BCUT2D eigenvalue weighted by atomic mass is 10.00. The summed E-state index contributed by atoms with van der Waals surface area (Å²) < 4.78 is 3.20. The molecule has 0 amide bonds. The van der Waals surface area contributed by atoms with Gasteiger partial charge in [-0.05, 0) is 25.0 Å². The molecule has 0 spiro atoms. The van der Waals surface area contributed by atoms with Crippen LogP contribution < -0.4 is 5.56 Å². The molecule has 0 bridgehead atoms. The molecule has 0 unspecified atom stereocenters. The van der Waals surface area contributed by atoms with Gasteiger partial charge in [-0.25, -0.2) is 0 Å². The SMILES string of the molecule is CCn1cc2c(O)c(-c3ccccc3C)c(=O)n(C)c2n1. The highest BCUT2D eigenvalue weighted by Gasteiger charge is 2.19. The molecule has 0 fully saturated rings. The highest BCUT2D eigenvalue weighted by atomic mass is 16.3. The third-order valence-corrected chi connectivity index (χ3v) is 3.81. The van der Waals surface area contributed by atoms with Gasteiger partial charge in [0.2, 0.25) is 0 Å². The molecule has 0 aliphatic heterocycles. The molecule has 0 aliphatic rings. The van der Waals surface area contributed by atoms with Crippen molar-refractivity contribution in [3.63, 3.8) is 0 Å². The van der Waals surface area contributed by atoms with E-state index in [0.29, 0.717) is 23.1 Å². The maximum atomic E-state index is 12.6. The lowest BCUT2D eigenvalue weighted by molar-refractivity contribution is 0.481. The Balaban J connectivity index is 2.44. The Bertz CT molecular complexity index is 890. The molecule has 0 radical (unpaired) electrons. The summed E-state index contributed by atoms with van der Waals surface area (Å²) in [6.45, 7) is 4.57. The summed E-state index contributed by atoms with van der Waals surface area (Å²) in [5.41, 5.74) is 2.29. The molecule has 0 atom stereocenters. The first-order valence-corrected chi connectivity index (χ1v) is 6.89. The van der Waals surface area contributed by atoms with Crippen molar-refractivity contribution in [3.8, 4) is 16.9 Å². The molecule has 5 heteroatoms. The van der Waals surface area contributed by atoms with Crippen LogP contribution in [0.2, 0.25) is 0 Å². The standard InChI is InChI=1S/C16H17N3O2/c1-4-19-9-12-14(20)13(11-8-6-5-7-10(11)2)16(21)18(3)15(12)17-19/h5-9,20H,4H2,1-3H3. The van der Waals surface area contributed by atoms with Gasteiger partial charge in [0, 0.05) is 19.8 Å². The quantitative estimate of drug-likeness (QED) is 0.785. The van der Waals surface area contributed by atoms with E-state index < -0.39 is 0 Å². The predicted octanol–water partition coefficient (Wildman–Crippen LogP) is 2.44. The highest BCUT2D eigenvalue weighted by molar-refractivity contribution is 5.90. The second kappa shape index (κ2) is 4.77. The van der Waals surface area contributed by atoms with Crippen molar-refractivity contribution in [2.45, 2.75) is 20.4 Å². The Morgan fingerprint density at radius 3 is 2.67 bits per heavy atom. The van der Waals surface area contributed by atoms with Crippen molar-refractivity contribution in [2.75, 3.05) is 0 Å². The van der Waals surface area contributed by atoms with Crippen LogP contribution >= 0.6 is 0 Å². The summed E-state index contributed by atoms with van der Waals surface area (Å²) >= 11 is 0. The van der Waals surface area contributed by atoms with E-state index in [-0.39, 0.29) is 11.3 Å². The number of pyridine rings is 1. The largest absolute Gasteiger partial charge is 0.506 e. The summed E-state index contributed by atoms with van der Waals surface area (Å²) in [7, 11) is 1.68. The molecular formula is C16H17N3O2. The zero-order chi connectivity index (χ0) is 15.1. The normalized spacial score (nSPS) is 11.2. The first-order valence-electron chi connectivity index (χ1n) is 6.89. The average molecular weight is 283 g/mol. The molecule has 21 heavy (non-hydrogen) atoms. The third-order valence-electron chi connectivity index (χ3n) is 3.81. The molecule has 0 saturated carbocycles. The molecule has 1 N–H and O–H groups in total. The van der Waals surface area contributed by atoms with E-state index in [2.05, 4.69) is 5.10 Å². The zero-order valence-corrected chi connectivity index (χ0v) is 12.3. The molecule has 2 heterocycles. The van der Waals surface area contributed by atoms with Gasteiger partial charge in [-0.2, -0.15) is 5.10 Å². The number of aryl methyl sites for hydroxylation is 3. The van der Waals surface area contributed by atoms with Crippen molar-refractivity contribution in [2.24, 2.45) is 7.05 Å². The summed E-state index contributed by atoms with van der Waals surface area (Å²) in [5, 5.41) is 15.5. The van der Waals surface area contributed by atoms with Crippen molar-refractivity contribution < 1.29 is 5.11 Å². The number of aromatic nitrogens is 3. The predicted molar refractivity (Wildman–Crippen MR) is 82.5 cm³/mol. The molecule has 0 aliphatic carbocycles. The van der Waals surface area contributed by atoms with Crippen LogP contribution in [0.15, 0.2) is 35.3 Å². The smallest absolute Gasteiger partial charge is 0.263 e. The van der Waals surface area contributed by atoms with Gasteiger partial charge in [-0.15, -0.1) is 0 Å². The van der Waals surface area contributed by atoms with Gasteiger partial charge >= 0.3 is 0 Å². The number of hydrogen-bond acceptors (Lipinski definition) is 3. The summed E-state index contributed by atoms with van der Waals surface area (Å²) in [4.78, 5) is 12.6. The summed E-state index contributed by atoms with van der Waals surface area (Å²) in [6, 6.07) is 7.55. The Morgan fingerprint density at radius 2 is 2.00 bits per heavy atom. The topological polar surface area (TPSA) is 60.1 Å². The number of aromatic hydroxyl groups is 1. The molecular weight excluding hydrogens is 266 g/mol. The summed E-state index contributed by atoms with van der Waals surface area (Å²) in [5.74, 6) is 0.00194. The second-order valence-corrected chi connectivity index (χ2v) is 5.12. The van der Waals surface area contributed by atoms with Crippen molar-refractivity contribution in [3.05, 3.63) is 46.4 Å². The van der Waals surface area contributed by atoms with Crippen LogP contribution in [0, 0.1) is 6.92 Å². The van der Waals surface area contributed by atoms with E-state index in [1.807, 2.05) is 38.1 Å². The number of hydrogen-bond donors (Lipinski definition) is 1. The fraction of sp³-hybridized carbons (Fsp3) is 0.250. The lowest BCUT2D eigenvalue weighted by Crippen LogP contribution is -2.19. The fourth-order valence-electron chi connectivity index (χ4n) is 2.58. The Kier molecular flexibility index (Phi) is 3.05. The second-order valence-electron chi connectivity index (χ2n) is 5.12. The Hall–Kier alpha value is -2.56. The minimum Gasteiger partial charge on any atom is -0.506 e. The molecule has 108 valence electrons. The van der Waals surface area contributed by atoms with Gasteiger partial charge in [0.1, 0.15) is 5.75 Å². The van der Waals surface area contributed by atoms with E-state index in [9.17, 15) is 9.90 Å². The van der Waals surface area contributed by atoms with Crippen LogP contribution in [0.4, 0.5) is 0 Å². The first kappa shape index (κ1) is 13.4. The van der Waals surface area contributed by atoms with Crippen LogP contribution in [0.1, 0.15) is 12.5 Å². The van der Waals surface area contributed by atoms with E-state index in [1.165, 1.54) is 4.57 Å². The van der Waals surface area contributed by atoms with Gasteiger partial charge in [-0.3, -0.25) is 14.0 Å². The number of nitrogens with zero attached hydrogens (tertiary/aromatic N) is 3. The minimum absolute atomic E-state index is 0.00194. The van der Waals surface area contributed by atoms with Crippen LogP contribution in [0.5, 0.6) is 5.75 Å². The van der Waals surface area contributed by atoms with E-state index in [1.54, 1.807) is 17.9 Å². The molecule has 0 saturated heterocycles. The maximum Gasteiger partial charge on any atom is 0.263 e. The van der Waals surface area contributed by atoms with Gasteiger partial charge in [-0.1, -0.05) is 24.3 Å². The fourth-order valence-corrected chi connectivity index (χ4v) is 2.58. The summed E-state index contributed by atoms with van der Waals surface area (Å²) in [6.07, 6.45) is 1.77. The van der Waals surface area contributed by atoms with E-state index >= 15 is 0 Å². The van der Waals surface area contributed by atoms with Crippen molar-refractivity contribution >= 4 is 11.0 Å². The van der Waals surface area contributed by atoms with Crippen molar-refractivity contribution in [1.29, 1.82) is 0 Å². The van der Waals surface area contributed by atoms with Crippen molar-refractivity contribution in [1.82, 2.24) is 14.3 Å². The monoisotopic (exact) mass is 283 g/mol. The lowest BCUT2D eigenvalue weighted by Gasteiger charge is -2.10. The average Bonchev–Trinajstić information content (AvgIpc) is 2.92. The molecule has 5 nitrogen and oxygen atoms in total. The molecule has 2 aromatic heterocycles. The Morgan fingerprint density at radius 1 is 1.29 bits per heavy atom. The van der Waals surface area contributed by atoms with E-state index in [0.717, 1.165) is 11.1 Å². The van der Waals surface area contributed by atoms with Crippen LogP contribution in [0.25, 0.3) is 22.2 Å². The van der Waals surface area contributed by atoms with Gasteiger partial charge in [0.25, 0.3) is 5.56 Å². The van der Waals surface area contributed by atoms with Crippen LogP contribution in [-0.2, 0) is 13.6 Å². The van der Waals surface area contributed by atoms with Gasteiger partial charge in [0.15, 0.2) is 5.65 Å². The highest BCUT2D eigenvalue weighted by Crippen LogP contribution is 2.33. The van der Waals surface area contributed by atoms with Crippen LogP contribution in [0.3, 0.4) is 0 Å². The third kappa shape index (κ3) is 1.93. The number of benzene rings is 1. The zero-order valence-electron chi connectivity index (χ0n) is 12.3. The Labute approximate surface area is 122 Å². The molecule has 3 rings (SSSR count). The number of rotatable bonds is 2. The number of fused-ring (bicyclic) bond motifs is 1. The van der Waals surface area contributed by atoms with Gasteiger partial charge < -0.3 is 5.11 Å². The molecule has 3 aromatic rings. The molecule has 1 aromatic carbocycles.